The van der Waals surface area contributed by atoms with Crippen molar-refractivity contribution in [1.82, 2.24) is 4.90 Å². The van der Waals surface area contributed by atoms with Crippen LogP contribution in [-0.4, -0.2) is 47.3 Å². The zero-order valence-electron chi connectivity index (χ0n) is 16.0. The van der Waals surface area contributed by atoms with E-state index in [9.17, 15) is 14.7 Å². The Morgan fingerprint density at radius 1 is 1.20 bits per heavy atom. The molecule has 0 fully saturated rings. The van der Waals surface area contributed by atoms with Crippen LogP contribution in [0.1, 0.15) is 40.2 Å². The van der Waals surface area contributed by atoms with Crippen LogP contribution >= 0.6 is 0 Å². The maximum Gasteiger partial charge on any atom is 0.412 e. The van der Waals surface area contributed by atoms with Crippen molar-refractivity contribution in [2.24, 2.45) is 5.92 Å². The van der Waals surface area contributed by atoms with Gasteiger partial charge in [0.1, 0.15) is 11.6 Å². The minimum absolute atomic E-state index is 0.0444. The van der Waals surface area contributed by atoms with Crippen molar-refractivity contribution in [2.45, 2.75) is 52.7 Å². The third-order valence-corrected chi connectivity index (χ3v) is 3.71. The highest BCUT2D eigenvalue weighted by molar-refractivity contribution is 5.84. The van der Waals surface area contributed by atoms with Crippen molar-refractivity contribution in [3.05, 3.63) is 29.8 Å². The number of carbonyl (C=O) groups excluding carboxylic acids is 1. The van der Waals surface area contributed by atoms with Crippen LogP contribution in [0.5, 0.6) is 0 Å². The number of benzene rings is 1. The largest absolute Gasteiger partial charge is 0.480 e. The number of hydrogen-bond acceptors (Lipinski definition) is 4. The average Bonchev–Trinajstić information content (AvgIpc) is 2.43. The van der Waals surface area contributed by atoms with E-state index in [0.29, 0.717) is 12.2 Å². The maximum absolute atomic E-state index is 11.7. The van der Waals surface area contributed by atoms with Gasteiger partial charge in [0, 0.05) is 12.2 Å². The molecule has 2 N–H and O–H groups in total. The summed E-state index contributed by atoms with van der Waals surface area (Å²) < 4.78 is 5.21. The fraction of sp³-hybridized carbons (Fsp3) is 0.579. The molecule has 0 aliphatic rings. The van der Waals surface area contributed by atoms with Crippen molar-refractivity contribution in [3.8, 4) is 0 Å². The van der Waals surface area contributed by atoms with Gasteiger partial charge in [0.05, 0.1) is 0 Å². The van der Waals surface area contributed by atoms with Crippen LogP contribution in [0.15, 0.2) is 24.3 Å². The quantitative estimate of drug-likeness (QED) is 0.785. The topological polar surface area (TPSA) is 78.9 Å². The van der Waals surface area contributed by atoms with Gasteiger partial charge in [-0.2, -0.15) is 0 Å². The molecule has 1 unspecified atom stereocenters. The van der Waals surface area contributed by atoms with Gasteiger partial charge in [-0.25, -0.2) is 4.79 Å². The van der Waals surface area contributed by atoms with Gasteiger partial charge >= 0.3 is 12.1 Å². The van der Waals surface area contributed by atoms with E-state index in [-0.39, 0.29) is 5.92 Å². The number of carboxylic acids is 1. The van der Waals surface area contributed by atoms with Gasteiger partial charge in [-0.05, 0) is 57.9 Å². The maximum atomic E-state index is 11.7. The summed E-state index contributed by atoms with van der Waals surface area (Å²) >= 11 is 0. The van der Waals surface area contributed by atoms with Crippen molar-refractivity contribution in [2.75, 3.05) is 18.9 Å². The molecule has 0 heterocycles. The summed E-state index contributed by atoms with van der Waals surface area (Å²) in [5.74, 6) is -0.752. The Bertz CT molecular complexity index is 576. The lowest BCUT2D eigenvalue weighted by Crippen LogP contribution is -2.43. The molecule has 6 nitrogen and oxygen atoms in total. The summed E-state index contributed by atoms with van der Waals surface area (Å²) in [4.78, 5) is 24.9. The number of nitrogens with zero attached hydrogens (tertiary/aromatic N) is 1. The number of amides is 1. The van der Waals surface area contributed by atoms with E-state index in [4.69, 9.17) is 4.74 Å². The first-order chi connectivity index (χ1) is 11.5. The highest BCUT2D eigenvalue weighted by Gasteiger charge is 2.25. The first kappa shape index (κ1) is 21.0. The molecule has 6 heteroatoms. The molecule has 0 radical (unpaired) electrons. The number of carbonyl (C=O) groups is 2. The number of likely N-dealkylation sites (N-methyl/N-ethyl adjacent to an activating group) is 1. The Balaban J connectivity index is 2.57. The van der Waals surface area contributed by atoms with E-state index < -0.39 is 23.7 Å². The van der Waals surface area contributed by atoms with Crippen molar-refractivity contribution >= 4 is 17.7 Å². The van der Waals surface area contributed by atoms with E-state index in [0.717, 1.165) is 12.0 Å². The summed E-state index contributed by atoms with van der Waals surface area (Å²) in [5, 5.41) is 12.0. The van der Waals surface area contributed by atoms with Gasteiger partial charge in [-0.1, -0.05) is 26.0 Å². The molecule has 0 aliphatic carbocycles. The van der Waals surface area contributed by atoms with Gasteiger partial charge in [-0.3, -0.25) is 15.0 Å². The van der Waals surface area contributed by atoms with E-state index in [2.05, 4.69) is 5.32 Å². The molecule has 1 rings (SSSR count). The minimum Gasteiger partial charge on any atom is -0.480 e. The van der Waals surface area contributed by atoms with Crippen LogP contribution in [0.25, 0.3) is 0 Å². The molecular formula is C19H30N2O4. The summed E-state index contributed by atoms with van der Waals surface area (Å²) in [6.07, 6.45) is 0.251. The molecule has 140 valence electrons. The third-order valence-electron chi connectivity index (χ3n) is 3.71. The fourth-order valence-corrected chi connectivity index (χ4v) is 2.60. The Kier molecular flexibility index (Phi) is 7.42. The third kappa shape index (κ3) is 7.56. The molecule has 1 aromatic carbocycles. The minimum atomic E-state index is -0.797. The Morgan fingerprint density at radius 2 is 1.76 bits per heavy atom. The predicted molar refractivity (Wildman–Crippen MR) is 98.9 cm³/mol. The Hall–Kier alpha value is -2.08. The lowest BCUT2D eigenvalue weighted by atomic mass is 10.0. The number of ether oxygens (including phenoxy) is 1. The monoisotopic (exact) mass is 350 g/mol. The first-order valence-corrected chi connectivity index (χ1v) is 8.51. The van der Waals surface area contributed by atoms with E-state index in [1.165, 1.54) is 0 Å². The van der Waals surface area contributed by atoms with Crippen molar-refractivity contribution in [1.29, 1.82) is 0 Å². The highest BCUT2D eigenvalue weighted by atomic mass is 16.6. The SMILES string of the molecule is CC(C)C(C(=O)O)N(C)CCc1ccc(NC(=O)OC(C)(C)C)cc1. The molecule has 0 aromatic heterocycles. The summed E-state index contributed by atoms with van der Waals surface area (Å²) in [7, 11) is 1.83. The summed E-state index contributed by atoms with van der Waals surface area (Å²) in [6, 6.07) is 6.98. The highest BCUT2D eigenvalue weighted by Crippen LogP contribution is 2.15. The molecule has 25 heavy (non-hydrogen) atoms. The van der Waals surface area contributed by atoms with Gasteiger partial charge < -0.3 is 9.84 Å². The van der Waals surface area contributed by atoms with Crippen LogP contribution in [0.2, 0.25) is 0 Å². The number of carboxylic acid groups (broad SMARTS) is 1. The van der Waals surface area contributed by atoms with Crippen LogP contribution in [-0.2, 0) is 16.0 Å². The smallest absolute Gasteiger partial charge is 0.412 e. The van der Waals surface area contributed by atoms with Crippen molar-refractivity contribution < 1.29 is 19.4 Å². The van der Waals surface area contributed by atoms with Crippen LogP contribution < -0.4 is 5.32 Å². The number of hydrogen-bond donors (Lipinski definition) is 2. The molecule has 0 bridgehead atoms. The number of rotatable bonds is 7. The molecule has 0 saturated carbocycles. The van der Waals surface area contributed by atoms with Gasteiger partial charge in [0.25, 0.3) is 0 Å². The van der Waals surface area contributed by atoms with Crippen LogP contribution in [0.3, 0.4) is 0 Å². The molecule has 1 atom stereocenters. The molecule has 0 saturated heterocycles. The van der Waals surface area contributed by atoms with E-state index in [1.54, 1.807) is 0 Å². The van der Waals surface area contributed by atoms with Gasteiger partial charge in [0.2, 0.25) is 0 Å². The standard InChI is InChI=1S/C19H30N2O4/c1-13(2)16(17(22)23)21(6)12-11-14-7-9-15(10-8-14)20-18(24)25-19(3,4)5/h7-10,13,16H,11-12H2,1-6H3,(H,20,24)(H,22,23). The van der Waals surface area contributed by atoms with Gasteiger partial charge in [-0.15, -0.1) is 0 Å². The Morgan fingerprint density at radius 3 is 2.20 bits per heavy atom. The second kappa shape index (κ2) is 8.85. The molecular weight excluding hydrogens is 320 g/mol. The molecule has 1 amide bonds. The Labute approximate surface area is 150 Å². The molecule has 1 aromatic rings. The van der Waals surface area contributed by atoms with E-state index in [1.807, 2.05) is 70.8 Å². The zero-order chi connectivity index (χ0) is 19.2. The zero-order valence-corrected chi connectivity index (χ0v) is 16.0. The number of aliphatic carboxylic acids is 1. The lowest BCUT2D eigenvalue weighted by Gasteiger charge is -2.27. The first-order valence-electron chi connectivity index (χ1n) is 8.51. The second-order valence-corrected chi connectivity index (χ2v) is 7.58. The fourth-order valence-electron chi connectivity index (χ4n) is 2.60. The lowest BCUT2D eigenvalue weighted by molar-refractivity contribution is -0.144. The predicted octanol–water partition coefficient (Wildman–Crippen LogP) is 3.62. The van der Waals surface area contributed by atoms with Crippen LogP contribution in [0.4, 0.5) is 10.5 Å². The van der Waals surface area contributed by atoms with Gasteiger partial charge in [0.15, 0.2) is 0 Å². The normalized spacial score (nSPS) is 13.0. The number of nitrogens with one attached hydrogen (secondary N) is 1. The number of anilines is 1. The van der Waals surface area contributed by atoms with Crippen molar-refractivity contribution in [3.63, 3.8) is 0 Å². The summed E-state index contributed by atoms with van der Waals surface area (Å²) in [6.45, 7) is 9.90. The van der Waals surface area contributed by atoms with Crippen LogP contribution in [0, 0.1) is 5.92 Å². The summed E-state index contributed by atoms with van der Waals surface area (Å²) in [5.41, 5.74) is 1.21. The second-order valence-electron chi connectivity index (χ2n) is 7.58. The molecule has 0 aliphatic heterocycles. The van der Waals surface area contributed by atoms with E-state index >= 15 is 0 Å². The molecule has 0 spiro atoms. The average molecular weight is 350 g/mol.